The Balaban J connectivity index is 1.36. The Morgan fingerprint density at radius 3 is 2.52 bits per heavy atom. The maximum atomic E-state index is 12.6. The average Bonchev–Trinajstić information content (AvgIpc) is 3.48. The Bertz CT molecular complexity index is 861. The van der Waals surface area contributed by atoms with E-state index in [1.54, 1.807) is 23.5 Å². The van der Waals surface area contributed by atoms with Crippen molar-refractivity contribution in [3.63, 3.8) is 0 Å². The summed E-state index contributed by atoms with van der Waals surface area (Å²) in [5, 5.41) is 7.89. The van der Waals surface area contributed by atoms with Crippen LogP contribution in [0.15, 0.2) is 41.8 Å². The van der Waals surface area contributed by atoms with E-state index in [0.717, 1.165) is 30.2 Å². The predicted octanol–water partition coefficient (Wildman–Crippen LogP) is 5.00. The Morgan fingerprint density at radius 1 is 1.14 bits per heavy atom. The number of urea groups is 1. The summed E-state index contributed by atoms with van der Waals surface area (Å²) in [5.74, 6) is 0.536. The number of hydrogen-bond donors (Lipinski definition) is 2. The number of nitrogens with zero attached hydrogens (tertiary/aromatic N) is 1. The van der Waals surface area contributed by atoms with Crippen LogP contribution in [0.4, 0.5) is 15.3 Å². The minimum atomic E-state index is -0.218. The number of rotatable bonds is 6. The van der Waals surface area contributed by atoms with Gasteiger partial charge >= 0.3 is 6.03 Å². The summed E-state index contributed by atoms with van der Waals surface area (Å²) in [5.41, 5.74) is 1.53. The highest BCUT2D eigenvalue weighted by atomic mass is 32.2. The van der Waals surface area contributed by atoms with E-state index in [4.69, 9.17) is 0 Å². The van der Waals surface area contributed by atoms with Crippen LogP contribution >= 0.6 is 23.1 Å². The summed E-state index contributed by atoms with van der Waals surface area (Å²) < 4.78 is 0. The van der Waals surface area contributed by atoms with E-state index in [0.29, 0.717) is 11.6 Å². The highest BCUT2D eigenvalue weighted by Crippen LogP contribution is 2.37. The van der Waals surface area contributed by atoms with E-state index < -0.39 is 0 Å². The van der Waals surface area contributed by atoms with Crippen molar-refractivity contribution in [3.8, 4) is 0 Å². The van der Waals surface area contributed by atoms with Crippen molar-refractivity contribution in [3.05, 3.63) is 52.2 Å². The molecule has 8 heteroatoms. The van der Waals surface area contributed by atoms with Crippen molar-refractivity contribution in [1.29, 1.82) is 0 Å². The number of amides is 4. The number of hydrogen-bond acceptors (Lipinski definition) is 5. The molecule has 1 unspecified atom stereocenters. The fourth-order valence-electron chi connectivity index (χ4n) is 3.90. The molecule has 1 saturated carbocycles. The molecule has 29 heavy (non-hydrogen) atoms. The van der Waals surface area contributed by atoms with Gasteiger partial charge < -0.3 is 10.6 Å². The number of benzene rings is 1. The molecule has 2 N–H and O–H groups in total. The maximum absolute atomic E-state index is 12.6. The number of thiophene rings is 1. The van der Waals surface area contributed by atoms with Gasteiger partial charge in [0.1, 0.15) is 0 Å². The fraction of sp³-hybridized carbons (Fsp3) is 0.381. The van der Waals surface area contributed by atoms with E-state index in [2.05, 4.69) is 16.7 Å². The highest BCUT2D eigenvalue weighted by molar-refractivity contribution is 8.14. The number of anilines is 1. The second-order valence-corrected chi connectivity index (χ2v) is 9.27. The van der Waals surface area contributed by atoms with E-state index in [9.17, 15) is 14.4 Å². The van der Waals surface area contributed by atoms with Crippen LogP contribution in [0.5, 0.6) is 0 Å². The lowest BCUT2D eigenvalue weighted by Gasteiger charge is -2.24. The largest absolute Gasteiger partial charge is 0.330 e. The Kier molecular flexibility index (Phi) is 6.20. The predicted molar refractivity (Wildman–Crippen MR) is 116 cm³/mol. The third-order valence-electron chi connectivity index (χ3n) is 5.40. The van der Waals surface area contributed by atoms with Crippen LogP contribution in [0.1, 0.15) is 42.2 Å². The molecular formula is C21H23N3O3S2. The second-order valence-electron chi connectivity index (χ2n) is 7.37. The topological polar surface area (TPSA) is 78.5 Å². The number of imide groups is 1. The first-order valence-corrected chi connectivity index (χ1v) is 11.6. The minimum absolute atomic E-state index is 0.0430. The van der Waals surface area contributed by atoms with Crippen molar-refractivity contribution in [1.82, 2.24) is 10.2 Å². The summed E-state index contributed by atoms with van der Waals surface area (Å²) in [6.07, 6.45) is 4.73. The first-order chi connectivity index (χ1) is 14.1. The smallest absolute Gasteiger partial charge is 0.319 e. The lowest BCUT2D eigenvalue weighted by Crippen LogP contribution is -2.35. The van der Waals surface area contributed by atoms with Crippen molar-refractivity contribution >= 4 is 46.0 Å². The van der Waals surface area contributed by atoms with E-state index >= 15 is 0 Å². The van der Waals surface area contributed by atoms with Gasteiger partial charge in [0, 0.05) is 10.6 Å². The molecule has 2 heterocycles. The van der Waals surface area contributed by atoms with Crippen molar-refractivity contribution < 1.29 is 14.4 Å². The van der Waals surface area contributed by atoms with Crippen LogP contribution in [-0.4, -0.2) is 27.8 Å². The van der Waals surface area contributed by atoms with Gasteiger partial charge in [-0.15, -0.1) is 11.3 Å². The molecule has 0 radical (unpaired) electrons. The number of nitrogens with one attached hydrogen (secondary N) is 2. The normalized spacial score (nSPS) is 18.3. The minimum Gasteiger partial charge on any atom is -0.330 e. The SMILES string of the molecule is O=C(Nc1ccc(CN2C(=O)CSC2=O)cc1)NC(c1cccs1)C1CCCC1. The lowest BCUT2D eigenvalue weighted by atomic mass is 9.97. The van der Waals surface area contributed by atoms with E-state index in [1.165, 1.54) is 22.6 Å². The van der Waals surface area contributed by atoms with Gasteiger partial charge in [-0.3, -0.25) is 14.5 Å². The summed E-state index contributed by atoms with van der Waals surface area (Å²) >= 11 is 2.71. The first-order valence-electron chi connectivity index (χ1n) is 9.77. The zero-order valence-corrected chi connectivity index (χ0v) is 17.6. The van der Waals surface area contributed by atoms with Crippen LogP contribution in [0.2, 0.25) is 0 Å². The van der Waals surface area contributed by atoms with Gasteiger partial charge in [-0.05, 0) is 47.9 Å². The van der Waals surface area contributed by atoms with Crippen LogP contribution in [-0.2, 0) is 11.3 Å². The molecule has 2 aliphatic rings. The quantitative estimate of drug-likeness (QED) is 0.678. The molecule has 152 valence electrons. The summed E-state index contributed by atoms with van der Waals surface area (Å²) in [7, 11) is 0. The average molecular weight is 430 g/mol. The second kappa shape index (κ2) is 9.00. The van der Waals surface area contributed by atoms with Gasteiger partial charge in [0.05, 0.1) is 18.3 Å². The van der Waals surface area contributed by atoms with Crippen LogP contribution in [0.25, 0.3) is 0 Å². The van der Waals surface area contributed by atoms with Crippen LogP contribution in [0.3, 0.4) is 0 Å². The summed E-state index contributed by atoms with van der Waals surface area (Å²) in [6.45, 7) is 0.263. The monoisotopic (exact) mass is 429 g/mol. The van der Waals surface area contributed by atoms with Crippen LogP contribution < -0.4 is 10.6 Å². The summed E-state index contributed by atoms with van der Waals surface area (Å²) in [4.78, 5) is 38.5. The molecule has 2 aromatic rings. The lowest BCUT2D eigenvalue weighted by molar-refractivity contribution is -0.125. The molecule has 1 aromatic carbocycles. The molecule has 1 aliphatic heterocycles. The van der Waals surface area contributed by atoms with Crippen molar-refractivity contribution in [2.24, 2.45) is 5.92 Å². The van der Waals surface area contributed by atoms with Crippen LogP contribution in [0, 0.1) is 5.92 Å². The van der Waals surface area contributed by atoms with Gasteiger partial charge in [0.2, 0.25) is 5.91 Å². The third kappa shape index (κ3) is 4.82. The Morgan fingerprint density at radius 2 is 1.90 bits per heavy atom. The van der Waals surface area contributed by atoms with Gasteiger partial charge in [-0.25, -0.2) is 4.79 Å². The van der Waals surface area contributed by atoms with Gasteiger partial charge in [0.15, 0.2) is 0 Å². The highest BCUT2D eigenvalue weighted by Gasteiger charge is 2.30. The summed E-state index contributed by atoms with van der Waals surface area (Å²) in [6, 6.07) is 11.2. The maximum Gasteiger partial charge on any atom is 0.319 e. The fourth-order valence-corrected chi connectivity index (χ4v) is 5.49. The van der Waals surface area contributed by atoms with Gasteiger partial charge in [0.25, 0.3) is 5.24 Å². The molecule has 0 spiro atoms. The first kappa shape index (κ1) is 20.0. The molecule has 4 amide bonds. The Labute approximate surface area is 178 Å². The van der Waals surface area contributed by atoms with Gasteiger partial charge in [-0.1, -0.05) is 42.8 Å². The Hall–Kier alpha value is -2.32. The van der Waals surface area contributed by atoms with E-state index in [1.807, 2.05) is 23.6 Å². The van der Waals surface area contributed by atoms with Crippen molar-refractivity contribution in [2.75, 3.05) is 11.1 Å². The zero-order valence-electron chi connectivity index (χ0n) is 15.9. The molecule has 0 bridgehead atoms. The standard InChI is InChI=1S/C21H23N3O3S2/c25-18-13-29-21(27)24(18)12-14-7-9-16(10-8-14)22-20(26)23-19(15-4-1-2-5-15)17-6-3-11-28-17/h3,6-11,15,19H,1-2,4-5,12-13H2,(H2,22,23,26). The van der Waals surface area contributed by atoms with Crippen molar-refractivity contribution in [2.45, 2.75) is 38.3 Å². The number of carbonyl (C=O) groups is 3. The third-order valence-corrected chi connectivity index (χ3v) is 7.21. The molecule has 2 fully saturated rings. The zero-order chi connectivity index (χ0) is 20.2. The molecule has 4 rings (SSSR count). The molecule has 6 nitrogen and oxygen atoms in total. The number of carbonyl (C=O) groups excluding carboxylic acids is 3. The molecular weight excluding hydrogens is 406 g/mol. The van der Waals surface area contributed by atoms with Gasteiger partial charge in [-0.2, -0.15) is 0 Å². The molecule has 1 aliphatic carbocycles. The molecule has 1 saturated heterocycles. The number of thioether (sulfide) groups is 1. The molecule has 1 atom stereocenters. The van der Waals surface area contributed by atoms with E-state index in [-0.39, 0.29) is 35.5 Å². The molecule has 1 aromatic heterocycles.